The van der Waals surface area contributed by atoms with E-state index in [4.69, 9.17) is 0 Å². The van der Waals surface area contributed by atoms with Crippen LogP contribution in [-0.2, 0) is 0 Å². The fourth-order valence-electron chi connectivity index (χ4n) is 4.11. The molecule has 4 unspecified atom stereocenters. The molecule has 15 heavy (non-hydrogen) atoms. The second kappa shape index (κ2) is 4.08. The average molecular weight is 207 g/mol. The molecule has 2 bridgehead atoms. The molecule has 0 aromatic carbocycles. The number of hydrogen-bond donors (Lipinski definition) is 1. The third-order valence-corrected chi connectivity index (χ3v) is 5.15. The van der Waals surface area contributed by atoms with E-state index in [2.05, 4.69) is 12.2 Å². The monoisotopic (exact) mass is 207 g/mol. The zero-order valence-corrected chi connectivity index (χ0v) is 10.0. The highest BCUT2D eigenvalue weighted by Gasteiger charge is 2.39. The Labute approximate surface area is 94.0 Å². The summed E-state index contributed by atoms with van der Waals surface area (Å²) >= 11 is 0. The lowest BCUT2D eigenvalue weighted by Crippen LogP contribution is -2.41. The lowest BCUT2D eigenvalue weighted by Gasteiger charge is -2.32. The van der Waals surface area contributed by atoms with Gasteiger partial charge in [0.15, 0.2) is 0 Å². The number of rotatable bonds is 4. The van der Waals surface area contributed by atoms with Crippen molar-refractivity contribution in [3.8, 4) is 0 Å². The summed E-state index contributed by atoms with van der Waals surface area (Å²) in [4.78, 5) is 0. The fourth-order valence-corrected chi connectivity index (χ4v) is 4.11. The number of fused-ring (bicyclic) bond motifs is 2. The predicted octanol–water partition coefficient (Wildman–Crippen LogP) is 3.34. The van der Waals surface area contributed by atoms with Crippen LogP contribution < -0.4 is 5.32 Å². The Bertz CT molecular complexity index is 221. The largest absolute Gasteiger partial charge is 0.311 e. The molecule has 1 nitrogen and oxygen atoms in total. The summed E-state index contributed by atoms with van der Waals surface area (Å²) < 4.78 is 0. The van der Waals surface area contributed by atoms with Gasteiger partial charge in [-0.1, -0.05) is 25.7 Å². The molecule has 1 N–H and O–H groups in total. The molecule has 1 heteroatoms. The predicted molar refractivity (Wildman–Crippen MR) is 63.8 cm³/mol. The molecule has 3 aliphatic carbocycles. The van der Waals surface area contributed by atoms with Gasteiger partial charge in [0.1, 0.15) is 0 Å². The first-order valence-electron chi connectivity index (χ1n) is 7.07. The van der Waals surface area contributed by atoms with Crippen LogP contribution >= 0.6 is 0 Å². The Morgan fingerprint density at radius 3 is 2.53 bits per heavy atom. The summed E-state index contributed by atoms with van der Waals surface area (Å²) in [5, 5.41) is 3.91. The van der Waals surface area contributed by atoms with E-state index >= 15 is 0 Å². The van der Waals surface area contributed by atoms with E-state index in [-0.39, 0.29) is 0 Å². The molecule has 0 aromatic rings. The van der Waals surface area contributed by atoms with Crippen LogP contribution in [0.5, 0.6) is 0 Å². The molecule has 0 spiro atoms. The maximum Gasteiger partial charge on any atom is 0.0100 e. The summed E-state index contributed by atoms with van der Waals surface area (Å²) in [6, 6.07) is 1.67. The third kappa shape index (κ3) is 2.08. The van der Waals surface area contributed by atoms with Gasteiger partial charge in [0.2, 0.25) is 0 Å². The first-order chi connectivity index (χ1) is 7.31. The molecule has 4 atom stereocenters. The van der Waals surface area contributed by atoms with Crippen LogP contribution in [0.25, 0.3) is 0 Å². The van der Waals surface area contributed by atoms with E-state index in [9.17, 15) is 0 Å². The molecule has 0 aliphatic heterocycles. The molecule has 0 radical (unpaired) electrons. The van der Waals surface area contributed by atoms with Crippen LogP contribution in [0, 0.1) is 17.8 Å². The molecule has 3 aliphatic rings. The van der Waals surface area contributed by atoms with Crippen molar-refractivity contribution in [3.63, 3.8) is 0 Å². The van der Waals surface area contributed by atoms with Gasteiger partial charge in [-0.25, -0.2) is 0 Å². The second-order valence-electron chi connectivity index (χ2n) is 6.38. The van der Waals surface area contributed by atoms with E-state index in [0.717, 1.165) is 29.8 Å². The lowest BCUT2D eigenvalue weighted by molar-refractivity contribution is 0.241. The van der Waals surface area contributed by atoms with Gasteiger partial charge in [-0.05, 0) is 50.4 Å². The van der Waals surface area contributed by atoms with Gasteiger partial charge in [-0.2, -0.15) is 0 Å². The first kappa shape index (κ1) is 10.1. The van der Waals surface area contributed by atoms with Crippen molar-refractivity contribution in [2.24, 2.45) is 17.8 Å². The SMILES string of the molecule is CC(CC1CCC1)NC1CC2CCC1C2. The molecule has 0 saturated heterocycles. The van der Waals surface area contributed by atoms with Gasteiger partial charge in [0.05, 0.1) is 0 Å². The van der Waals surface area contributed by atoms with E-state index < -0.39 is 0 Å². The maximum absolute atomic E-state index is 3.91. The van der Waals surface area contributed by atoms with Gasteiger partial charge < -0.3 is 5.32 Å². The Morgan fingerprint density at radius 1 is 1.13 bits per heavy atom. The molecular weight excluding hydrogens is 182 g/mol. The minimum atomic E-state index is 0.777. The van der Waals surface area contributed by atoms with Crippen LogP contribution in [0.1, 0.15) is 58.3 Å². The first-order valence-corrected chi connectivity index (χ1v) is 7.07. The van der Waals surface area contributed by atoms with Gasteiger partial charge in [-0.3, -0.25) is 0 Å². The van der Waals surface area contributed by atoms with Crippen LogP contribution in [0.3, 0.4) is 0 Å². The van der Waals surface area contributed by atoms with Crippen molar-refractivity contribution in [2.75, 3.05) is 0 Å². The highest BCUT2D eigenvalue weighted by Crippen LogP contribution is 2.44. The van der Waals surface area contributed by atoms with E-state index in [1.807, 2.05) is 0 Å². The maximum atomic E-state index is 3.91. The Kier molecular flexibility index (Phi) is 2.76. The fraction of sp³-hybridized carbons (Fsp3) is 1.00. The summed E-state index contributed by atoms with van der Waals surface area (Å²) in [5.74, 6) is 3.19. The lowest BCUT2D eigenvalue weighted by atomic mass is 9.81. The molecule has 86 valence electrons. The quantitative estimate of drug-likeness (QED) is 0.745. The Hall–Kier alpha value is -0.0400. The van der Waals surface area contributed by atoms with Crippen molar-refractivity contribution in [2.45, 2.75) is 70.4 Å². The topological polar surface area (TPSA) is 12.0 Å². The van der Waals surface area contributed by atoms with Crippen molar-refractivity contribution in [3.05, 3.63) is 0 Å². The van der Waals surface area contributed by atoms with Gasteiger partial charge >= 0.3 is 0 Å². The summed E-state index contributed by atoms with van der Waals surface area (Å²) in [5.41, 5.74) is 0. The van der Waals surface area contributed by atoms with Crippen molar-refractivity contribution in [1.82, 2.24) is 5.32 Å². The zero-order chi connectivity index (χ0) is 10.3. The zero-order valence-electron chi connectivity index (χ0n) is 10.0. The van der Waals surface area contributed by atoms with Crippen LogP contribution in [0.15, 0.2) is 0 Å². The van der Waals surface area contributed by atoms with Crippen LogP contribution in [-0.4, -0.2) is 12.1 Å². The third-order valence-electron chi connectivity index (χ3n) is 5.15. The van der Waals surface area contributed by atoms with Gasteiger partial charge in [0, 0.05) is 12.1 Å². The average Bonchev–Trinajstić information content (AvgIpc) is 2.72. The molecule has 3 fully saturated rings. The molecule has 0 amide bonds. The molecule has 3 rings (SSSR count). The van der Waals surface area contributed by atoms with E-state index in [1.54, 1.807) is 0 Å². The second-order valence-corrected chi connectivity index (χ2v) is 6.38. The molecular formula is C14H25N. The van der Waals surface area contributed by atoms with Crippen LogP contribution in [0.2, 0.25) is 0 Å². The summed E-state index contributed by atoms with van der Waals surface area (Å²) in [7, 11) is 0. The van der Waals surface area contributed by atoms with Gasteiger partial charge in [0.25, 0.3) is 0 Å². The van der Waals surface area contributed by atoms with Crippen molar-refractivity contribution in [1.29, 1.82) is 0 Å². The summed E-state index contributed by atoms with van der Waals surface area (Å²) in [6.07, 6.45) is 12.0. The van der Waals surface area contributed by atoms with E-state index in [0.29, 0.717) is 0 Å². The minimum Gasteiger partial charge on any atom is -0.311 e. The highest BCUT2D eigenvalue weighted by molar-refractivity contribution is 4.95. The van der Waals surface area contributed by atoms with Crippen molar-refractivity contribution >= 4 is 0 Å². The molecule has 0 aromatic heterocycles. The highest BCUT2D eigenvalue weighted by atomic mass is 15.0. The number of nitrogens with one attached hydrogen (secondary N) is 1. The van der Waals surface area contributed by atoms with E-state index in [1.165, 1.54) is 51.4 Å². The standard InChI is InChI=1S/C14H25N/c1-10(7-11-3-2-4-11)15-14-9-12-5-6-13(14)8-12/h10-15H,2-9H2,1H3. The Morgan fingerprint density at radius 2 is 2.00 bits per heavy atom. The normalized spacial score (nSPS) is 41.8. The minimum absolute atomic E-state index is 0.777. The molecule has 3 saturated carbocycles. The van der Waals surface area contributed by atoms with Crippen LogP contribution in [0.4, 0.5) is 0 Å². The molecule has 0 heterocycles. The smallest absolute Gasteiger partial charge is 0.0100 e. The Balaban J connectivity index is 1.44. The number of hydrogen-bond acceptors (Lipinski definition) is 1. The summed E-state index contributed by atoms with van der Waals surface area (Å²) in [6.45, 7) is 2.41. The van der Waals surface area contributed by atoms with Crippen molar-refractivity contribution < 1.29 is 0 Å². The van der Waals surface area contributed by atoms with Gasteiger partial charge in [-0.15, -0.1) is 0 Å².